The number of pyridine rings is 1. The SMILES string of the molecule is Cc1ccc(-c2ccc(-c3ccccc3)cn2)c2sc3cc(-c4cccc5ccccc45)ccc3c12. The van der Waals surface area contributed by atoms with Gasteiger partial charge in [-0.05, 0) is 52.1 Å². The third-order valence-corrected chi connectivity index (χ3v) is 8.26. The Kier molecular flexibility index (Phi) is 4.93. The fourth-order valence-electron chi connectivity index (χ4n) is 5.25. The number of rotatable bonds is 3. The summed E-state index contributed by atoms with van der Waals surface area (Å²) >= 11 is 1.87. The summed E-state index contributed by atoms with van der Waals surface area (Å²) in [5, 5.41) is 5.22. The van der Waals surface area contributed by atoms with Gasteiger partial charge >= 0.3 is 0 Å². The molecule has 5 aromatic carbocycles. The summed E-state index contributed by atoms with van der Waals surface area (Å²) in [7, 11) is 0. The van der Waals surface area contributed by atoms with Gasteiger partial charge in [0, 0.05) is 37.5 Å². The Morgan fingerprint density at radius 3 is 2.25 bits per heavy atom. The van der Waals surface area contributed by atoms with E-state index in [-0.39, 0.29) is 0 Å². The van der Waals surface area contributed by atoms with Crippen LogP contribution in [0.2, 0.25) is 0 Å². The van der Waals surface area contributed by atoms with E-state index in [2.05, 4.69) is 116 Å². The number of nitrogens with zero attached hydrogens (tertiary/aromatic N) is 1. The summed E-state index contributed by atoms with van der Waals surface area (Å²) in [5.41, 5.74) is 8.38. The quantitative estimate of drug-likeness (QED) is 0.247. The Bertz CT molecular complexity index is 1870. The first-order valence-electron chi connectivity index (χ1n) is 12.2. The minimum atomic E-state index is 1.01. The molecule has 2 heteroatoms. The summed E-state index contributed by atoms with van der Waals surface area (Å²) in [4.78, 5) is 4.88. The highest BCUT2D eigenvalue weighted by molar-refractivity contribution is 7.26. The van der Waals surface area contributed by atoms with Crippen molar-refractivity contribution in [2.24, 2.45) is 0 Å². The molecule has 0 saturated carbocycles. The van der Waals surface area contributed by atoms with Crippen LogP contribution in [0.1, 0.15) is 5.56 Å². The Morgan fingerprint density at radius 1 is 0.583 bits per heavy atom. The molecule has 36 heavy (non-hydrogen) atoms. The van der Waals surface area contributed by atoms with E-state index in [4.69, 9.17) is 4.98 Å². The molecule has 7 aromatic rings. The summed E-state index contributed by atoms with van der Waals surface area (Å²) in [6, 6.07) is 41.3. The highest BCUT2D eigenvalue weighted by atomic mass is 32.1. The van der Waals surface area contributed by atoms with Crippen LogP contribution in [-0.2, 0) is 0 Å². The zero-order valence-corrected chi connectivity index (χ0v) is 20.7. The average Bonchev–Trinajstić information content (AvgIpc) is 3.33. The molecule has 170 valence electrons. The summed E-state index contributed by atoms with van der Waals surface area (Å²) < 4.78 is 2.62. The molecular formula is C34H23NS. The predicted molar refractivity (Wildman–Crippen MR) is 156 cm³/mol. The fourth-order valence-corrected chi connectivity index (χ4v) is 6.59. The second-order valence-corrected chi connectivity index (χ2v) is 10.3. The van der Waals surface area contributed by atoms with Crippen molar-refractivity contribution in [1.82, 2.24) is 4.98 Å². The van der Waals surface area contributed by atoms with Crippen LogP contribution >= 0.6 is 11.3 Å². The minimum Gasteiger partial charge on any atom is -0.256 e. The van der Waals surface area contributed by atoms with Gasteiger partial charge in [0.1, 0.15) is 0 Å². The highest BCUT2D eigenvalue weighted by Crippen LogP contribution is 2.43. The highest BCUT2D eigenvalue weighted by Gasteiger charge is 2.15. The molecule has 0 atom stereocenters. The molecule has 0 N–H and O–H groups in total. The van der Waals surface area contributed by atoms with Gasteiger partial charge in [0.15, 0.2) is 0 Å². The smallest absolute Gasteiger partial charge is 0.0716 e. The van der Waals surface area contributed by atoms with Gasteiger partial charge in [-0.25, -0.2) is 0 Å². The van der Waals surface area contributed by atoms with Gasteiger partial charge in [-0.2, -0.15) is 0 Å². The Labute approximate surface area is 214 Å². The molecule has 0 aliphatic heterocycles. The first-order valence-corrected chi connectivity index (χ1v) is 13.0. The van der Waals surface area contributed by atoms with Gasteiger partial charge in [-0.1, -0.05) is 103 Å². The van der Waals surface area contributed by atoms with Gasteiger partial charge in [-0.15, -0.1) is 11.3 Å². The summed E-state index contributed by atoms with van der Waals surface area (Å²) in [6.07, 6.45) is 1.99. The van der Waals surface area contributed by atoms with E-state index in [1.54, 1.807) is 0 Å². The van der Waals surface area contributed by atoms with Crippen molar-refractivity contribution >= 4 is 42.3 Å². The zero-order chi connectivity index (χ0) is 24.1. The van der Waals surface area contributed by atoms with Crippen molar-refractivity contribution in [1.29, 1.82) is 0 Å². The maximum atomic E-state index is 4.88. The lowest BCUT2D eigenvalue weighted by molar-refractivity contribution is 1.33. The number of aromatic nitrogens is 1. The van der Waals surface area contributed by atoms with Gasteiger partial charge in [0.2, 0.25) is 0 Å². The molecule has 0 spiro atoms. The average molecular weight is 478 g/mol. The van der Waals surface area contributed by atoms with Crippen LogP contribution in [0.4, 0.5) is 0 Å². The van der Waals surface area contributed by atoms with E-state index in [1.807, 2.05) is 23.6 Å². The lowest BCUT2D eigenvalue weighted by Gasteiger charge is -2.08. The molecule has 0 aliphatic rings. The number of fused-ring (bicyclic) bond motifs is 4. The first kappa shape index (κ1) is 21.0. The zero-order valence-electron chi connectivity index (χ0n) is 19.9. The monoisotopic (exact) mass is 477 g/mol. The molecule has 0 amide bonds. The molecule has 2 heterocycles. The molecule has 0 bridgehead atoms. The standard InChI is InChI=1S/C34H23NS/c1-22-14-17-29(31-19-16-26(21-35-31)23-8-3-2-4-9-23)34-33(22)30-18-15-25(20-32(30)36-34)28-13-7-11-24-10-5-6-12-27(24)28/h2-21H,1H3. The van der Waals surface area contributed by atoms with Crippen LogP contribution in [-0.4, -0.2) is 4.98 Å². The minimum absolute atomic E-state index is 1.01. The van der Waals surface area contributed by atoms with Crippen molar-refractivity contribution in [3.8, 4) is 33.5 Å². The van der Waals surface area contributed by atoms with Crippen molar-refractivity contribution in [2.45, 2.75) is 6.92 Å². The predicted octanol–water partition coefficient (Wildman–Crippen LogP) is 9.91. The molecule has 0 fully saturated rings. The van der Waals surface area contributed by atoms with Crippen molar-refractivity contribution in [3.63, 3.8) is 0 Å². The first-order chi connectivity index (χ1) is 17.8. The maximum Gasteiger partial charge on any atom is 0.0716 e. The lowest BCUT2D eigenvalue weighted by Crippen LogP contribution is -1.86. The van der Waals surface area contributed by atoms with Crippen molar-refractivity contribution in [2.75, 3.05) is 0 Å². The number of hydrogen-bond donors (Lipinski definition) is 0. The molecular weight excluding hydrogens is 454 g/mol. The maximum absolute atomic E-state index is 4.88. The third-order valence-electron chi connectivity index (χ3n) is 7.08. The van der Waals surface area contributed by atoms with E-state index in [0.29, 0.717) is 0 Å². The number of aryl methyl sites for hydroxylation is 1. The van der Waals surface area contributed by atoms with Crippen LogP contribution in [0.15, 0.2) is 121 Å². The van der Waals surface area contributed by atoms with Crippen molar-refractivity contribution < 1.29 is 0 Å². The molecule has 1 nitrogen and oxygen atoms in total. The number of benzene rings is 5. The normalized spacial score (nSPS) is 11.5. The van der Waals surface area contributed by atoms with Gasteiger partial charge in [0.25, 0.3) is 0 Å². The Morgan fingerprint density at radius 2 is 1.39 bits per heavy atom. The van der Waals surface area contributed by atoms with Gasteiger partial charge in [-0.3, -0.25) is 4.98 Å². The van der Waals surface area contributed by atoms with Gasteiger partial charge < -0.3 is 0 Å². The molecule has 7 rings (SSSR count). The van der Waals surface area contributed by atoms with E-state index in [9.17, 15) is 0 Å². The second kappa shape index (κ2) is 8.44. The van der Waals surface area contributed by atoms with Crippen LogP contribution < -0.4 is 0 Å². The topological polar surface area (TPSA) is 12.9 Å². The van der Waals surface area contributed by atoms with E-state index in [1.165, 1.54) is 58.8 Å². The number of hydrogen-bond acceptors (Lipinski definition) is 2. The largest absolute Gasteiger partial charge is 0.256 e. The summed E-state index contributed by atoms with van der Waals surface area (Å²) in [6.45, 7) is 2.21. The summed E-state index contributed by atoms with van der Waals surface area (Å²) in [5.74, 6) is 0. The van der Waals surface area contributed by atoms with E-state index in [0.717, 1.165) is 11.3 Å². The van der Waals surface area contributed by atoms with Crippen molar-refractivity contribution in [3.05, 3.63) is 127 Å². The lowest BCUT2D eigenvalue weighted by atomic mass is 9.96. The van der Waals surface area contributed by atoms with Crippen LogP contribution in [0.25, 0.3) is 64.5 Å². The van der Waals surface area contributed by atoms with Crippen LogP contribution in [0.5, 0.6) is 0 Å². The molecule has 0 unspecified atom stereocenters. The third kappa shape index (κ3) is 3.42. The fraction of sp³-hybridized carbons (Fsp3) is 0.0294. The number of thiophene rings is 1. The van der Waals surface area contributed by atoms with Gasteiger partial charge in [0.05, 0.1) is 5.69 Å². The molecule has 0 aliphatic carbocycles. The van der Waals surface area contributed by atoms with Crippen LogP contribution in [0, 0.1) is 6.92 Å². The van der Waals surface area contributed by atoms with Crippen LogP contribution in [0.3, 0.4) is 0 Å². The second-order valence-electron chi connectivity index (χ2n) is 9.27. The van der Waals surface area contributed by atoms with E-state index >= 15 is 0 Å². The Hall–Kier alpha value is -4.27. The van der Waals surface area contributed by atoms with E-state index < -0.39 is 0 Å². The molecule has 0 radical (unpaired) electrons. The molecule has 2 aromatic heterocycles. The molecule has 0 saturated heterocycles. The Balaban J connectivity index is 1.38.